The molecule has 0 aliphatic heterocycles. The summed E-state index contributed by atoms with van der Waals surface area (Å²) in [5.41, 5.74) is 1.57. The van der Waals surface area contributed by atoms with Crippen molar-refractivity contribution in [3.05, 3.63) is 60.3 Å². The van der Waals surface area contributed by atoms with Gasteiger partial charge in [0.05, 0.1) is 0 Å². The Balaban J connectivity index is 2.00. The molecule has 0 aliphatic rings. The molecule has 0 bridgehead atoms. The highest BCUT2D eigenvalue weighted by Gasteiger charge is 2.04. The van der Waals surface area contributed by atoms with Crippen LogP contribution >= 0.6 is 0 Å². The smallest absolute Gasteiger partial charge is 0.152 e. The minimum absolute atomic E-state index is 0.642. The fraction of sp³-hybridized carbons (Fsp3) is 0. The van der Waals surface area contributed by atoms with Crippen molar-refractivity contribution in [1.82, 2.24) is 4.98 Å². The van der Waals surface area contributed by atoms with Gasteiger partial charge in [-0.3, -0.25) is 4.79 Å². The number of nitrogens with one attached hydrogen (secondary N) is 1. The number of aromatic nitrogens is 1. The van der Waals surface area contributed by atoms with Gasteiger partial charge in [-0.25, -0.2) is 0 Å². The molecule has 2 aromatic carbocycles. The first-order chi connectivity index (χ1) is 8.86. The third-order valence-corrected chi connectivity index (χ3v) is 2.79. The van der Waals surface area contributed by atoms with Crippen LogP contribution in [0.1, 0.15) is 10.4 Å². The monoisotopic (exact) mass is 237 g/mol. The summed E-state index contributed by atoms with van der Waals surface area (Å²) in [6, 6.07) is 15.2. The molecule has 88 valence electrons. The third-order valence-electron chi connectivity index (χ3n) is 2.79. The van der Waals surface area contributed by atoms with E-state index in [2.05, 4.69) is 4.98 Å². The normalized spacial score (nSPS) is 10.4. The summed E-state index contributed by atoms with van der Waals surface area (Å²) in [6.45, 7) is 0. The van der Waals surface area contributed by atoms with Gasteiger partial charge in [-0.15, -0.1) is 0 Å². The van der Waals surface area contributed by atoms with Crippen LogP contribution in [0, 0.1) is 0 Å². The van der Waals surface area contributed by atoms with E-state index in [9.17, 15) is 4.79 Å². The molecule has 0 unspecified atom stereocenters. The number of hydrogen-bond acceptors (Lipinski definition) is 2. The number of H-pyrrole nitrogens is 1. The van der Waals surface area contributed by atoms with Crippen LogP contribution < -0.4 is 4.74 Å². The Morgan fingerprint density at radius 1 is 1.00 bits per heavy atom. The van der Waals surface area contributed by atoms with Gasteiger partial charge >= 0.3 is 0 Å². The molecule has 0 amide bonds. The van der Waals surface area contributed by atoms with Crippen molar-refractivity contribution in [3.63, 3.8) is 0 Å². The Kier molecular flexibility index (Phi) is 2.57. The van der Waals surface area contributed by atoms with E-state index in [1.165, 1.54) is 0 Å². The van der Waals surface area contributed by atoms with Crippen LogP contribution in [0.2, 0.25) is 0 Å². The van der Waals surface area contributed by atoms with Crippen LogP contribution in [0.25, 0.3) is 10.9 Å². The number of carbonyl (C=O) groups excluding carboxylic acids is 1. The highest BCUT2D eigenvalue weighted by molar-refractivity contribution is 5.97. The number of aldehydes is 1. The summed E-state index contributed by atoms with van der Waals surface area (Å²) in [5, 5.41) is 0.874. The molecule has 1 N–H and O–H groups in total. The van der Waals surface area contributed by atoms with Crippen LogP contribution in [-0.2, 0) is 0 Å². The van der Waals surface area contributed by atoms with Crippen LogP contribution in [-0.4, -0.2) is 11.3 Å². The zero-order chi connectivity index (χ0) is 12.4. The molecular weight excluding hydrogens is 226 g/mol. The predicted octanol–water partition coefficient (Wildman–Crippen LogP) is 3.77. The number of carbonyl (C=O) groups is 1. The van der Waals surface area contributed by atoms with Crippen molar-refractivity contribution < 1.29 is 9.53 Å². The second kappa shape index (κ2) is 4.37. The third kappa shape index (κ3) is 1.86. The zero-order valence-electron chi connectivity index (χ0n) is 9.59. The molecule has 0 spiro atoms. The lowest BCUT2D eigenvalue weighted by atomic mass is 10.2. The molecule has 3 aromatic rings. The van der Waals surface area contributed by atoms with Crippen molar-refractivity contribution in [3.8, 4) is 11.5 Å². The average molecular weight is 237 g/mol. The average Bonchev–Trinajstić information content (AvgIpc) is 2.82. The second-order valence-electron chi connectivity index (χ2n) is 3.98. The Morgan fingerprint density at radius 3 is 2.61 bits per heavy atom. The maximum absolute atomic E-state index is 10.9. The molecule has 1 aromatic heterocycles. The molecular formula is C15H11NO2. The SMILES string of the molecule is O=Cc1c[nH]c2ccc(Oc3ccccc3)cc12. The van der Waals surface area contributed by atoms with E-state index in [-0.39, 0.29) is 0 Å². The largest absolute Gasteiger partial charge is 0.457 e. The van der Waals surface area contributed by atoms with Crippen LogP contribution in [0.3, 0.4) is 0 Å². The van der Waals surface area contributed by atoms with Crippen LogP contribution in [0.15, 0.2) is 54.7 Å². The van der Waals surface area contributed by atoms with E-state index < -0.39 is 0 Å². The van der Waals surface area contributed by atoms with E-state index in [0.717, 1.165) is 28.7 Å². The summed E-state index contributed by atoms with van der Waals surface area (Å²) < 4.78 is 5.73. The number of aromatic amines is 1. The highest BCUT2D eigenvalue weighted by Crippen LogP contribution is 2.26. The topological polar surface area (TPSA) is 42.1 Å². The van der Waals surface area contributed by atoms with Crippen molar-refractivity contribution in [2.75, 3.05) is 0 Å². The molecule has 0 radical (unpaired) electrons. The number of rotatable bonds is 3. The number of fused-ring (bicyclic) bond motifs is 1. The minimum Gasteiger partial charge on any atom is -0.457 e. The summed E-state index contributed by atoms with van der Waals surface area (Å²) in [6.07, 6.45) is 2.54. The Bertz CT molecular complexity index is 686. The highest BCUT2D eigenvalue weighted by atomic mass is 16.5. The van der Waals surface area contributed by atoms with Gasteiger partial charge in [-0.1, -0.05) is 18.2 Å². The molecule has 3 rings (SSSR count). The molecule has 3 nitrogen and oxygen atoms in total. The van der Waals surface area contributed by atoms with Crippen LogP contribution in [0.4, 0.5) is 0 Å². The minimum atomic E-state index is 0.642. The van der Waals surface area contributed by atoms with Crippen LogP contribution in [0.5, 0.6) is 11.5 Å². The molecule has 0 saturated heterocycles. The number of benzene rings is 2. The first-order valence-corrected chi connectivity index (χ1v) is 5.66. The van der Waals surface area contributed by atoms with Gasteiger partial charge in [0.1, 0.15) is 11.5 Å². The lowest BCUT2D eigenvalue weighted by molar-refractivity contribution is 0.112. The van der Waals surface area contributed by atoms with Gasteiger partial charge in [0.2, 0.25) is 0 Å². The van der Waals surface area contributed by atoms with E-state index in [4.69, 9.17) is 4.74 Å². The lowest BCUT2D eigenvalue weighted by Crippen LogP contribution is -1.84. The predicted molar refractivity (Wildman–Crippen MR) is 70.2 cm³/mol. The zero-order valence-corrected chi connectivity index (χ0v) is 9.59. The molecule has 1 heterocycles. The lowest BCUT2D eigenvalue weighted by Gasteiger charge is -2.05. The van der Waals surface area contributed by atoms with Crippen molar-refractivity contribution in [1.29, 1.82) is 0 Å². The summed E-state index contributed by atoms with van der Waals surface area (Å²) in [5.74, 6) is 1.50. The number of hydrogen-bond donors (Lipinski definition) is 1. The molecule has 3 heteroatoms. The first kappa shape index (κ1) is 10.6. The molecule has 0 aliphatic carbocycles. The fourth-order valence-electron chi connectivity index (χ4n) is 1.91. The second-order valence-corrected chi connectivity index (χ2v) is 3.98. The quantitative estimate of drug-likeness (QED) is 0.704. The maximum atomic E-state index is 10.9. The molecule has 0 saturated carbocycles. The van der Waals surface area contributed by atoms with E-state index in [1.54, 1.807) is 6.20 Å². The summed E-state index contributed by atoms with van der Waals surface area (Å²) >= 11 is 0. The van der Waals surface area contributed by atoms with Gasteiger partial charge in [0, 0.05) is 22.7 Å². The Labute approximate surface area is 104 Å². The van der Waals surface area contributed by atoms with Gasteiger partial charge < -0.3 is 9.72 Å². The van der Waals surface area contributed by atoms with Crippen molar-refractivity contribution in [2.45, 2.75) is 0 Å². The molecule has 0 fully saturated rings. The van der Waals surface area contributed by atoms with E-state index in [0.29, 0.717) is 5.56 Å². The molecule has 0 atom stereocenters. The van der Waals surface area contributed by atoms with Gasteiger partial charge in [-0.2, -0.15) is 0 Å². The standard InChI is InChI=1S/C15H11NO2/c17-10-11-9-16-15-7-6-13(8-14(11)15)18-12-4-2-1-3-5-12/h1-10,16H. The molecule has 18 heavy (non-hydrogen) atoms. The summed E-state index contributed by atoms with van der Waals surface area (Å²) in [4.78, 5) is 13.9. The van der Waals surface area contributed by atoms with Crippen molar-refractivity contribution >= 4 is 17.2 Å². The maximum Gasteiger partial charge on any atom is 0.152 e. The van der Waals surface area contributed by atoms with E-state index in [1.807, 2.05) is 48.5 Å². The number of ether oxygens (including phenoxy) is 1. The van der Waals surface area contributed by atoms with Gasteiger partial charge in [-0.05, 0) is 30.3 Å². The fourth-order valence-corrected chi connectivity index (χ4v) is 1.91. The van der Waals surface area contributed by atoms with E-state index >= 15 is 0 Å². The Morgan fingerprint density at radius 2 is 1.83 bits per heavy atom. The van der Waals surface area contributed by atoms with Gasteiger partial charge in [0.25, 0.3) is 0 Å². The van der Waals surface area contributed by atoms with Gasteiger partial charge in [0.15, 0.2) is 6.29 Å². The summed E-state index contributed by atoms with van der Waals surface area (Å²) in [7, 11) is 0. The number of para-hydroxylation sites is 1. The Hall–Kier alpha value is -2.55. The van der Waals surface area contributed by atoms with Crippen molar-refractivity contribution in [2.24, 2.45) is 0 Å². The first-order valence-electron chi connectivity index (χ1n) is 5.66.